The van der Waals surface area contributed by atoms with Gasteiger partial charge in [-0.15, -0.1) is 0 Å². The Hall–Kier alpha value is -3.22. The van der Waals surface area contributed by atoms with Crippen LogP contribution in [0.4, 0.5) is 10.5 Å². The Bertz CT molecular complexity index is 827. The number of nitrogens with zero attached hydrogens (tertiary/aromatic N) is 3. The molecule has 0 spiro atoms. The lowest BCUT2D eigenvalue weighted by atomic mass is 10.2. The standard InChI is InChI=1S/C14H10N4O3/c19-13(11-4-15-8-16-5-11)17-12-2-1-9-6-18(14(20)21)7-10(9)3-12/h1-8H,(H,17,19)(H,20,21). The van der Waals surface area contributed by atoms with Crippen molar-refractivity contribution < 1.29 is 14.7 Å². The minimum absolute atomic E-state index is 0.326. The molecule has 2 N–H and O–H groups in total. The summed E-state index contributed by atoms with van der Waals surface area (Å²) < 4.78 is 1.07. The molecule has 0 saturated carbocycles. The smallest absolute Gasteiger partial charge is 0.415 e. The number of carboxylic acid groups (broad SMARTS) is 1. The average molecular weight is 282 g/mol. The van der Waals surface area contributed by atoms with Gasteiger partial charge in [-0.1, -0.05) is 6.07 Å². The van der Waals surface area contributed by atoms with Crippen LogP contribution in [0.2, 0.25) is 0 Å². The molecule has 1 aromatic carbocycles. The molecule has 0 atom stereocenters. The van der Waals surface area contributed by atoms with Crippen LogP contribution in [0.5, 0.6) is 0 Å². The molecule has 7 heteroatoms. The lowest BCUT2D eigenvalue weighted by molar-refractivity contribution is 0.102. The summed E-state index contributed by atoms with van der Waals surface area (Å²) in [4.78, 5) is 30.4. The average Bonchev–Trinajstić information content (AvgIpc) is 2.91. The van der Waals surface area contributed by atoms with E-state index in [0.29, 0.717) is 11.3 Å². The first-order valence-corrected chi connectivity index (χ1v) is 6.05. The van der Waals surface area contributed by atoms with Gasteiger partial charge < -0.3 is 10.4 Å². The molecule has 0 fully saturated rings. The van der Waals surface area contributed by atoms with Crippen molar-refractivity contribution in [2.45, 2.75) is 0 Å². The highest BCUT2D eigenvalue weighted by Gasteiger charge is 2.08. The first-order valence-electron chi connectivity index (χ1n) is 6.05. The Morgan fingerprint density at radius 2 is 1.81 bits per heavy atom. The van der Waals surface area contributed by atoms with E-state index in [0.717, 1.165) is 15.3 Å². The Kier molecular flexibility index (Phi) is 3.07. The minimum Gasteiger partial charge on any atom is -0.464 e. The van der Waals surface area contributed by atoms with Crippen LogP contribution in [0.1, 0.15) is 10.4 Å². The predicted octanol–water partition coefficient (Wildman–Crippen LogP) is 2.21. The summed E-state index contributed by atoms with van der Waals surface area (Å²) >= 11 is 0. The third kappa shape index (κ3) is 2.57. The normalized spacial score (nSPS) is 10.5. The summed E-state index contributed by atoms with van der Waals surface area (Å²) in [7, 11) is 0. The number of amides is 1. The highest BCUT2D eigenvalue weighted by Crippen LogP contribution is 2.20. The molecule has 0 saturated heterocycles. The van der Waals surface area contributed by atoms with E-state index < -0.39 is 6.09 Å². The molecule has 21 heavy (non-hydrogen) atoms. The van der Waals surface area contributed by atoms with Crippen molar-refractivity contribution in [3.63, 3.8) is 0 Å². The number of fused-ring (bicyclic) bond motifs is 1. The molecule has 1 amide bonds. The molecule has 3 aromatic rings. The zero-order valence-electron chi connectivity index (χ0n) is 10.7. The second-order valence-corrected chi connectivity index (χ2v) is 4.37. The molecule has 0 aliphatic heterocycles. The first kappa shape index (κ1) is 12.8. The van der Waals surface area contributed by atoms with Gasteiger partial charge in [-0.2, -0.15) is 0 Å². The van der Waals surface area contributed by atoms with Gasteiger partial charge in [-0.05, 0) is 12.1 Å². The lowest BCUT2D eigenvalue weighted by Crippen LogP contribution is -2.12. The molecule has 0 aliphatic rings. The number of hydrogen-bond donors (Lipinski definition) is 2. The molecular formula is C14H10N4O3. The topological polar surface area (TPSA) is 97.1 Å². The van der Waals surface area contributed by atoms with Gasteiger partial charge in [0.1, 0.15) is 6.33 Å². The van der Waals surface area contributed by atoms with Crippen molar-refractivity contribution in [3.05, 3.63) is 54.9 Å². The summed E-state index contributed by atoms with van der Waals surface area (Å²) in [5, 5.41) is 13.1. The van der Waals surface area contributed by atoms with Crippen molar-refractivity contribution in [1.29, 1.82) is 0 Å². The van der Waals surface area contributed by atoms with E-state index in [4.69, 9.17) is 5.11 Å². The van der Waals surface area contributed by atoms with Crippen LogP contribution in [-0.2, 0) is 0 Å². The fraction of sp³-hybridized carbons (Fsp3) is 0. The second-order valence-electron chi connectivity index (χ2n) is 4.37. The number of nitrogens with one attached hydrogen (secondary N) is 1. The van der Waals surface area contributed by atoms with Crippen LogP contribution in [-0.4, -0.2) is 31.6 Å². The van der Waals surface area contributed by atoms with E-state index >= 15 is 0 Å². The molecule has 2 heterocycles. The van der Waals surface area contributed by atoms with Crippen LogP contribution >= 0.6 is 0 Å². The number of carbonyl (C=O) groups is 2. The van der Waals surface area contributed by atoms with E-state index in [1.54, 1.807) is 18.2 Å². The largest absolute Gasteiger partial charge is 0.464 e. The predicted molar refractivity (Wildman–Crippen MR) is 75.3 cm³/mol. The van der Waals surface area contributed by atoms with Gasteiger partial charge in [0.25, 0.3) is 5.91 Å². The van der Waals surface area contributed by atoms with Crippen molar-refractivity contribution in [3.8, 4) is 0 Å². The summed E-state index contributed by atoms with van der Waals surface area (Å²) in [5.74, 6) is -0.326. The van der Waals surface area contributed by atoms with Crippen LogP contribution in [0, 0.1) is 0 Å². The van der Waals surface area contributed by atoms with Gasteiger partial charge in [-0.3, -0.25) is 9.36 Å². The maximum atomic E-state index is 12.0. The number of benzene rings is 1. The Morgan fingerprint density at radius 1 is 1.10 bits per heavy atom. The molecule has 2 aromatic heterocycles. The highest BCUT2D eigenvalue weighted by atomic mass is 16.4. The Morgan fingerprint density at radius 3 is 2.52 bits per heavy atom. The van der Waals surface area contributed by atoms with Crippen LogP contribution < -0.4 is 5.32 Å². The van der Waals surface area contributed by atoms with Gasteiger partial charge in [0.2, 0.25) is 0 Å². The minimum atomic E-state index is -1.06. The van der Waals surface area contributed by atoms with Gasteiger partial charge in [-0.25, -0.2) is 14.8 Å². The molecule has 3 rings (SSSR count). The number of carbonyl (C=O) groups excluding carboxylic acids is 1. The molecule has 7 nitrogen and oxygen atoms in total. The Balaban J connectivity index is 1.87. The lowest BCUT2D eigenvalue weighted by Gasteiger charge is -2.04. The fourth-order valence-electron chi connectivity index (χ4n) is 1.95. The molecule has 0 unspecified atom stereocenters. The van der Waals surface area contributed by atoms with Crippen molar-refractivity contribution in [2.24, 2.45) is 0 Å². The Labute approximate surface area is 118 Å². The molecule has 0 bridgehead atoms. The number of rotatable bonds is 2. The molecule has 104 valence electrons. The van der Waals surface area contributed by atoms with E-state index in [2.05, 4.69) is 15.3 Å². The van der Waals surface area contributed by atoms with Crippen LogP contribution in [0.15, 0.2) is 49.3 Å². The third-order valence-corrected chi connectivity index (χ3v) is 2.94. The quantitative estimate of drug-likeness (QED) is 0.751. The number of aromatic nitrogens is 3. The van der Waals surface area contributed by atoms with E-state index in [9.17, 15) is 9.59 Å². The van der Waals surface area contributed by atoms with Crippen LogP contribution in [0.3, 0.4) is 0 Å². The zero-order valence-corrected chi connectivity index (χ0v) is 10.7. The van der Waals surface area contributed by atoms with E-state index in [1.165, 1.54) is 31.1 Å². The van der Waals surface area contributed by atoms with E-state index in [-0.39, 0.29) is 5.91 Å². The fourth-order valence-corrected chi connectivity index (χ4v) is 1.95. The van der Waals surface area contributed by atoms with Crippen molar-refractivity contribution in [2.75, 3.05) is 5.32 Å². The SMILES string of the molecule is O=C(Nc1ccc2cn(C(=O)O)cc2c1)c1cncnc1. The zero-order chi connectivity index (χ0) is 14.8. The summed E-state index contributed by atoms with van der Waals surface area (Å²) in [6, 6.07) is 5.15. The van der Waals surface area contributed by atoms with E-state index in [1.807, 2.05) is 0 Å². The second kappa shape index (κ2) is 5.04. The number of hydrogen-bond acceptors (Lipinski definition) is 4. The van der Waals surface area contributed by atoms with Crippen LogP contribution in [0.25, 0.3) is 10.8 Å². The summed E-state index contributed by atoms with van der Waals surface area (Å²) in [5.41, 5.74) is 0.917. The van der Waals surface area contributed by atoms with Gasteiger partial charge in [0.15, 0.2) is 0 Å². The first-order chi connectivity index (χ1) is 10.1. The van der Waals surface area contributed by atoms with Crippen molar-refractivity contribution in [1.82, 2.24) is 14.5 Å². The molecule has 0 aliphatic carbocycles. The van der Waals surface area contributed by atoms with Gasteiger partial charge in [0, 0.05) is 41.2 Å². The summed E-state index contributed by atoms with van der Waals surface area (Å²) in [6.45, 7) is 0. The third-order valence-electron chi connectivity index (χ3n) is 2.94. The highest BCUT2D eigenvalue weighted by molar-refractivity contribution is 6.04. The molecule has 0 radical (unpaired) electrons. The van der Waals surface area contributed by atoms with Gasteiger partial charge >= 0.3 is 6.09 Å². The summed E-state index contributed by atoms with van der Waals surface area (Å²) in [6.07, 6.45) is 6.12. The van der Waals surface area contributed by atoms with Crippen molar-refractivity contribution >= 4 is 28.5 Å². The van der Waals surface area contributed by atoms with Gasteiger partial charge in [0.05, 0.1) is 5.56 Å². The molecular weight excluding hydrogens is 272 g/mol. The maximum Gasteiger partial charge on any atom is 0.415 e. The number of anilines is 1. The maximum absolute atomic E-state index is 12.0. The monoisotopic (exact) mass is 282 g/mol.